The molecule has 1 heterocycles. The summed E-state index contributed by atoms with van der Waals surface area (Å²) in [5.41, 5.74) is 4.03. The van der Waals surface area contributed by atoms with Gasteiger partial charge < -0.3 is 15.0 Å². The van der Waals surface area contributed by atoms with E-state index in [1.54, 1.807) is 7.11 Å². The predicted molar refractivity (Wildman–Crippen MR) is 84.8 cm³/mol. The Labute approximate surface area is 123 Å². The average molecular weight is 276 g/mol. The Kier molecular flexibility index (Phi) is 5.44. The molecule has 1 aliphatic rings. The van der Waals surface area contributed by atoms with Crippen molar-refractivity contribution in [1.29, 1.82) is 0 Å². The summed E-state index contributed by atoms with van der Waals surface area (Å²) in [5.74, 6) is 1.56. The SMILES string of the molecule is COc1c(C)cc(CCN2CCNCC2)cc1C(C)C. The van der Waals surface area contributed by atoms with Crippen LogP contribution in [0.4, 0.5) is 0 Å². The molecule has 112 valence electrons. The summed E-state index contributed by atoms with van der Waals surface area (Å²) < 4.78 is 5.57. The number of nitrogens with zero attached hydrogens (tertiary/aromatic N) is 1. The van der Waals surface area contributed by atoms with Crippen LogP contribution < -0.4 is 10.1 Å². The lowest BCUT2D eigenvalue weighted by molar-refractivity contribution is 0.244. The fourth-order valence-corrected chi connectivity index (χ4v) is 2.95. The van der Waals surface area contributed by atoms with E-state index in [9.17, 15) is 0 Å². The molecule has 1 saturated heterocycles. The van der Waals surface area contributed by atoms with Gasteiger partial charge in [-0.1, -0.05) is 26.0 Å². The largest absolute Gasteiger partial charge is 0.496 e. The molecule has 3 heteroatoms. The maximum atomic E-state index is 5.57. The number of rotatable bonds is 5. The van der Waals surface area contributed by atoms with E-state index in [2.05, 4.69) is 43.1 Å². The molecule has 2 rings (SSSR count). The first-order valence-corrected chi connectivity index (χ1v) is 7.72. The zero-order chi connectivity index (χ0) is 14.5. The number of ether oxygens (including phenoxy) is 1. The molecule has 0 atom stereocenters. The van der Waals surface area contributed by atoms with Crippen LogP contribution in [0, 0.1) is 6.92 Å². The van der Waals surface area contributed by atoms with E-state index in [1.807, 2.05) is 0 Å². The van der Waals surface area contributed by atoms with Gasteiger partial charge >= 0.3 is 0 Å². The molecular formula is C17H28N2O. The van der Waals surface area contributed by atoms with Gasteiger partial charge in [-0.05, 0) is 36.0 Å². The Hall–Kier alpha value is -1.06. The standard InChI is InChI=1S/C17H28N2O/c1-13(2)16-12-15(11-14(3)17(16)20-4)5-8-19-9-6-18-7-10-19/h11-13,18H,5-10H2,1-4H3. The van der Waals surface area contributed by atoms with Crippen molar-refractivity contribution in [1.82, 2.24) is 10.2 Å². The minimum absolute atomic E-state index is 0.503. The van der Waals surface area contributed by atoms with E-state index in [-0.39, 0.29) is 0 Å². The molecule has 0 saturated carbocycles. The van der Waals surface area contributed by atoms with Gasteiger partial charge in [-0.15, -0.1) is 0 Å². The van der Waals surface area contributed by atoms with Gasteiger partial charge in [0, 0.05) is 32.7 Å². The molecular weight excluding hydrogens is 248 g/mol. The van der Waals surface area contributed by atoms with Gasteiger partial charge in [-0.3, -0.25) is 0 Å². The maximum absolute atomic E-state index is 5.57. The van der Waals surface area contributed by atoms with Gasteiger partial charge in [-0.25, -0.2) is 0 Å². The average Bonchev–Trinajstić information content (AvgIpc) is 2.45. The number of methoxy groups -OCH3 is 1. The number of hydrogen-bond acceptors (Lipinski definition) is 3. The quantitative estimate of drug-likeness (QED) is 0.894. The van der Waals surface area contributed by atoms with E-state index >= 15 is 0 Å². The highest BCUT2D eigenvalue weighted by molar-refractivity contribution is 5.45. The zero-order valence-corrected chi connectivity index (χ0v) is 13.3. The predicted octanol–water partition coefficient (Wildman–Crippen LogP) is 2.57. The zero-order valence-electron chi connectivity index (χ0n) is 13.3. The summed E-state index contributed by atoms with van der Waals surface area (Å²) in [5, 5.41) is 3.40. The van der Waals surface area contributed by atoms with Crippen molar-refractivity contribution in [2.45, 2.75) is 33.1 Å². The van der Waals surface area contributed by atoms with E-state index in [0.717, 1.165) is 31.8 Å². The van der Waals surface area contributed by atoms with Crippen molar-refractivity contribution >= 4 is 0 Å². The van der Waals surface area contributed by atoms with Crippen molar-refractivity contribution in [3.8, 4) is 5.75 Å². The molecule has 0 unspecified atom stereocenters. The molecule has 1 fully saturated rings. The highest BCUT2D eigenvalue weighted by Crippen LogP contribution is 2.31. The van der Waals surface area contributed by atoms with Crippen molar-refractivity contribution in [2.24, 2.45) is 0 Å². The van der Waals surface area contributed by atoms with Crippen LogP contribution in [0.5, 0.6) is 5.75 Å². The Balaban J connectivity index is 2.07. The summed E-state index contributed by atoms with van der Waals surface area (Å²) in [6.07, 6.45) is 1.13. The lowest BCUT2D eigenvalue weighted by atomic mass is 9.95. The van der Waals surface area contributed by atoms with Gasteiger partial charge in [0.1, 0.15) is 5.75 Å². The molecule has 20 heavy (non-hydrogen) atoms. The molecule has 3 nitrogen and oxygen atoms in total. The molecule has 0 spiro atoms. The van der Waals surface area contributed by atoms with Crippen LogP contribution in [0.1, 0.15) is 36.5 Å². The number of nitrogens with one attached hydrogen (secondary N) is 1. The fourth-order valence-electron chi connectivity index (χ4n) is 2.95. The van der Waals surface area contributed by atoms with Gasteiger partial charge in [-0.2, -0.15) is 0 Å². The van der Waals surface area contributed by atoms with Crippen LogP contribution in [0.25, 0.3) is 0 Å². The summed E-state index contributed by atoms with van der Waals surface area (Å²) in [6, 6.07) is 4.62. The second kappa shape index (κ2) is 7.09. The first-order valence-electron chi connectivity index (χ1n) is 7.72. The monoisotopic (exact) mass is 276 g/mol. The van der Waals surface area contributed by atoms with Crippen LogP contribution in [0.2, 0.25) is 0 Å². The first-order chi connectivity index (χ1) is 9.61. The molecule has 0 aromatic heterocycles. The molecule has 1 aromatic rings. The number of benzene rings is 1. The Morgan fingerprint density at radius 3 is 2.55 bits per heavy atom. The summed E-state index contributed by atoms with van der Waals surface area (Å²) in [7, 11) is 1.77. The van der Waals surface area contributed by atoms with Gasteiger partial charge in [0.25, 0.3) is 0 Å². The van der Waals surface area contributed by atoms with Crippen LogP contribution in [0.3, 0.4) is 0 Å². The molecule has 0 amide bonds. The topological polar surface area (TPSA) is 24.5 Å². The molecule has 0 bridgehead atoms. The van der Waals surface area contributed by atoms with Crippen LogP contribution in [-0.4, -0.2) is 44.7 Å². The second-order valence-corrected chi connectivity index (χ2v) is 6.03. The van der Waals surface area contributed by atoms with E-state index < -0.39 is 0 Å². The lowest BCUT2D eigenvalue weighted by Crippen LogP contribution is -2.44. The van der Waals surface area contributed by atoms with E-state index in [0.29, 0.717) is 5.92 Å². The smallest absolute Gasteiger partial charge is 0.125 e. The number of hydrogen-bond donors (Lipinski definition) is 1. The first kappa shape index (κ1) is 15.3. The Morgan fingerprint density at radius 2 is 1.95 bits per heavy atom. The summed E-state index contributed by atoms with van der Waals surface area (Å²) >= 11 is 0. The fraction of sp³-hybridized carbons (Fsp3) is 0.647. The third kappa shape index (κ3) is 3.74. The van der Waals surface area contributed by atoms with Crippen molar-refractivity contribution < 1.29 is 4.74 Å². The molecule has 1 aromatic carbocycles. The minimum Gasteiger partial charge on any atom is -0.496 e. The minimum atomic E-state index is 0.503. The Bertz CT molecular complexity index is 437. The van der Waals surface area contributed by atoms with Crippen molar-refractivity contribution in [3.63, 3.8) is 0 Å². The van der Waals surface area contributed by atoms with Crippen molar-refractivity contribution in [2.75, 3.05) is 39.8 Å². The van der Waals surface area contributed by atoms with Crippen LogP contribution in [-0.2, 0) is 6.42 Å². The van der Waals surface area contributed by atoms with E-state index in [4.69, 9.17) is 4.74 Å². The second-order valence-electron chi connectivity index (χ2n) is 6.03. The van der Waals surface area contributed by atoms with Gasteiger partial charge in [0.15, 0.2) is 0 Å². The molecule has 1 aliphatic heterocycles. The van der Waals surface area contributed by atoms with Crippen LogP contribution >= 0.6 is 0 Å². The maximum Gasteiger partial charge on any atom is 0.125 e. The number of piperazine rings is 1. The van der Waals surface area contributed by atoms with Crippen LogP contribution in [0.15, 0.2) is 12.1 Å². The van der Waals surface area contributed by atoms with Gasteiger partial charge in [0.2, 0.25) is 0 Å². The highest BCUT2D eigenvalue weighted by Gasteiger charge is 2.13. The van der Waals surface area contributed by atoms with Crippen molar-refractivity contribution in [3.05, 3.63) is 28.8 Å². The van der Waals surface area contributed by atoms with Gasteiger partial charge in [0.05, 0.1) is 7.11 Å². The highest BCUT2D eigenvalue weighted by atomic mass is 16.5. The lowest BCUT2D eigenvalue weighted by Gasteiger charge is -2.27. The Morgan fingerprint density at radius 1 is 1.25 bits per heavy atom. The molecule has 1 N–H and O–H groups in total. The third-order valence-electron chi connectivity index (χ3n) is 4.12. The number of aryl methyl sites for hydroxylation is 1. The van der Waals surface area contributed by atoms with E-state index in [1.165, 1.54) is 29.8 Å². The summed E-state index contributed by atoms with van der Waals surface area (Å²) in [6.45, 7) is 12.4. The molecule has 0 radical (unpaired) electrons. The molecule has 0 aliphatic carbocycles. The normalized spacial score (nSPS) is 16.6. The third-order valence-corrected chi connectivity index (χ3v) is 4.12. The summed E-state index contributed by atoms with van der Waals surface area (Å²) in [4.78, 5) is 2.55.